The number of hydrogen-bond acceptors (Lipinski definition) is 2. The molecule has 0 aromatic rings. The maximum absolute atomic E-state index is 10.6. The summed E-state index contributed by atoms with van der Waals surface area (Å²) >= 11 is 0. The molecule has 78 valence electrons. The van der Waals surface area contributed by atoms with Crippen molar-refractivity contribution in [2.45, 2.75) is 45.4 Å². The first-order chi connectivity index (χ1) is 6.63. The smallest absolute Gasteiger partial charge is 0.315 e. The lowest BCUT2D eigenvalue weighted by molar-refractivity contribution is -0.135. The fourth-order valence-corrected chi connectivity index (χ4v) is 0.991. The van der Waals surface area contributed by atoms with Crippen LogP contribution in [0, 0.1) is 11.8 Å². The third-order valence-corrected chi connectivity index (χ3v) is 1.70. The number of aliphatic carboxylic acids is 1. The summed E-state index contributed by atoms with van der Waals surface area (Å²) in [6, 6.07) is 0. The highest BCUT2D eigenvalue weighted by Crippen LogP contribution is 2.02. The Balaban J connectivity index is 3.23. The molecular weight excluding hydrogens is 180 g/mol. The molecule has 0 fully saturated rings. The number of rotatable bonds is 6. The highest BCUT2D eigenvalue weighted by atomic mass is 16.4. The van der Waals surface area contributed by atoms with Crippen LogP contribution in [0.25, 0.3) is 0 Å². The van der Waals surface area contributed by atoms with Gasteiger partial charge in [0.2, 0.25) is 0 Å². The Bertz CT molecular complexity index is 245. The molecule has 0 rings (SSSR count). The van der Waals surface area contributed by atoms with Gasteiger partial charge in [-0.05, 0) is 19.8 Å². The van der Waals surface area contributed by atoms with Crippen LogP contribution in [0.2, 0.25) is 0 Å². The van der Waals surface area contributed by atoms with Crippen molar-refractivity contribution in [2.24, 2.45) is 0 Å². The van der Waals surface area contributed by atoms with Crippen LogP contribution in [0.1, 0.15) is 45.4 Å². The van der Waals surface area contributed by atoms with Crippen LogP contribution in [-0.4, -0.2) is 16.9 Å². The van der Waals surface area contributed by atoms with Gasteiger partial charge < -0.3 is 9.90 Å². The molecular formula is C11H16O3. The van der Waals surface area contributed by atoms with Crippen molar-refractivity contribution in [3.05, 3.63) is 0 Å². The Morgan fingerprint density at radius 1 is 1.14 bits per heavy atom. The predicted octanol–water partition coefficient (Wildman–Crippen LogP) is 2.00. The molecule has 0 aliphatic rings. The molecule has 0 saturated heterocycles. The van der Waals surface area contributed by atoms with Gasteiger partial charge in [-0.25, -0.2) is 0 Å². The highest BCUT2D eigenvalue weighted by Gasteiger charge is 1.92. The van der Waals surface area contributed by atoms with Gasteiger partial charge >= 0.3 is 5.97 Å². The van der Waals surface area contributed by atoms with Crippen LogP contribution < -0.4 is 0 Å². The molecule has 0 aliphatic carbocycles. The second-order valence-corrected chi connectivity index (χ2v) is 3.19. The molecule has 0 saturated carbocycles. The fourth-order valence-electron chi connectivity index (χ4n) is 0.991. The summed E-state index contributed by atoms with van der Waals surface area (Å²) in [5.74, 6) is 4.70. The maximum Gasteiger partial charge on any atom is 0.315 e. The van der Waals surface area contributed by atoms with Crippen LogP contribution in [0.15, 0.2) is 0 Å². The molecule has 0 unspecified atom stereocenters. The van der Waals surface area contributed by atoms with Gasteiger partial charge in [0.25, 0.3) is 0 Å². The summed E-state index contributed by atoms with van der Waals surface area (Å²) < 4.78 is 0. The number of ketones is 1. The fraction of sp³-hybridized carbons (Fsp3) is 0.636. The van der Waals surface area contributed by atoms with E-state index < -0.39 is 5.97 Å². The standard InChI is InChI=1S/C11H16O3/c1-10(12)8-6-4-2-3-5-7-9-11(13)14/h2-4,6,8-9H2,1H3,(H,13,14). The lowest BCUT2D eigenvalue weighted by atomic mass is 10.1. The average Bonchev–Trinajstić information content (AvgIpc) is 2.08. The van der Waals surface area contributed by atoms with E-state index in [1.165, 1.54) is 0 Å². The molecule has 0 aromatic carbocycles. The second-order valence-electron chi connectivity index (χ2n) is 3.19. The maximum atomic E-state index is 10.6. The van der Waals surface area contributed by atoms with Crippen molar-refractivity contribution in [1.29, 1.82) is 0 Å². The monoisotopic (exact) mass is 196 g/mol. The van der Waals surface area contributed by atoms with Crippen molar-refractivity contribution < 1.29 is 14.7 Å². The molecule has 3 heteroatoms. The van der Waals surface area contributed by atoms with Crippen molar-refractivity contribution in [1.82, 2.24) is 0 Å². The Labute approximate surface area is 84.5 Å². The highest BCUT2D eigenvalue weighted by molar-refractivity contribution is 5.75. The largest absolute Gasteiger partial charge is 0.481 e. The SMILES string of the molecule is CC(=O)CCCCCC#CCC(=O)O. The van der Waals surface area contributed by atoms with E-state index in [4.69, 9.17) is 5.11 Å². The minimum atomic E-state index is -0.880. The zero-order valence-electron chi connectivity index (χ0n) is 8.51. The predicted molar refractivity (Wildman–Crippen MR) is 53.8 cm³/mol. The van der Waals surface area contributed by atoms with Crippen LogP contribution in [0.3, 0.4) is 0 Å². The number of carbonyl (C=O) groups is 2. The minimum Gasteiger partial charge on any atom is -0.481 e. The van der Waals surface area contributed by atoms with Gasteiger partial charge in [-0.2, -0.15) is 0 Å². The molecule has 0 radical (unpaired) electrons. The van der Waals surface area contributed by atoms with E-state index in [2.05, 4.69) is 11.8 Å². The first kappa shape index (κ1) is 12.7. The normalized spacial score (nSPS) is 8.93. The third kappa shape index (κ3) is 10.7. The Kier molecular flexibility index (Phi) is 7.53. The van der Waals surface area contributed by atoms with Crippen molar-refractivity contribution in [2.75, 3.05) is 0 Å². The van der Waals surface area contributed by atoms with Gasteiger partial charge in [0.1, 0.15) is 12.2 Å². The minimum absolute atomic E-state index is 0.0759. The van der Waals surface area contributed by atoms with Gasteiger partial charge in [0.15, 0.2) is 0 Å². The summed E-state index contributed by atoms with van der Waals surface area (Å²) in [5.41, 5.74) is 0. The molecule has 0 aromatic heterocycles. The Morgan fingerprint density at radius 2 is 1.86 bits per heavy atom. The van der Waals surface area contributed by atoms with E-state index in [0.717, 1.165) is 25.7 Å². The number of carboxylic acid groups (broad SMARTS) is 1. The van der Waals surface area contributed by atoms with E-state index in [-0.39, 0.29) is 12.2 Å². The van der Waals surface area contributed by atoms with Crippen molar-refractivity contribution >= 4 is 11.8 Å². The Morgan fingerprint density at radius 3 is 2.43 bits per heavy atom. The van der Waals surface area contributed by atoms with Crippen LogP contribution in [-0.2, 0) is 9.59 Å². The third-order valence-electron chi connectivity index (χ3n) is 1.70. The molecule has 0 heterocycles. The molecule has 3 nitrogen and oxygen atoms in total. The van der Waals surface area contributed by atoms with Gasteiger partial charge in [-0.1, -0.05) is 12.3 Å². The molecule has 0 bridgehead atoms. The molecule has 0 amide bonds. The van der Waals surface area contributed by atoms with Crippen LogP contribution >= 0.6 is 0 Å². The number of unbranched alkanes of at least 4 members (excludes halogenated alkanes) is 3. The van der Waals surface area contributed by atoms with Crippen molar-refractivity contribution in [3.63, 3.8) is 0 Å². The Hall–Kier alpha value is -1.30. The number of Topliss-reactive ketones (excluding diaryl/α,β-unsaturated/α-hetero) is 1. The van der Waals surface area contributed by atoms with E-state index in [0.29, 0.717) is 6.42 Å². The van der Waals surface area contributed by atoms with Crippen LogP contribution in [0.4, 0.5) is 0 Å². The van der Waals surface area contributed by atoms with E-state index in [9.17, 15) is 9.59 Å². The molecule has 0 atom stereocenters. The number of carboxylic acids is 1. The lowest BCUT2D eigenvalue weighted by Gasteiger charge is -1.94. The quantitative estimate of drug-likeness (QED) is 0.522. The summed E-state index contributed by atoms with van der Waals surface area (Å²) in [4.78, 5) is 20.6. The van der Waals surface area contributed by atoms with Gasteiger partial charge in [0, 0.05) is 12.8 Å². The molecule has 0 aliphatic heterocycles. The number of carbonyl (C=O) groups excluding carboxylic acids is 1. The summed E-state index contributed by atoms with van der Waals surface area (Å²) in [5, 5.41) is 8.28. The van der Waals surface area contributed by atoms with Gasteiger partial charge in [0.05, 0.1) is 0 Å². The van der Waals surface area contributed by atoms with Crippen LogP contribution in [0.5, 0.6) is 0 Å². The molecule has 0 spiro atoms. The van der Waals surface area contributed by atoms with E-state index in [1.54, 1.807) is 6.92 Å². The second kappa shape index (κ2) is 8.31. The zero-order chi connectivity index (χ0) is 10.8. The topological polar surface area (TPSA) is 54.4 Å². The number of hydrogen-bond donors (Lipinski definition) is 1. The van der Waals surface area contributed by atoms with Gasteiger partial charge in [-0.15, -0.1) is 5.92 Å². The average molecular weight is 196 g/mol. The molecule has 14 heavy (non-hydrogen) atoms. The zero-order valence-corrected chi connectivity index (χ0v) is 8.51. The lowest BCUT2D eigenvalue weighted by Crippen LogP contribution is -1.90. The van der Waals surface area contributed by atoms with Crippen molar-refractivity contribution in [3.8, 4) is 11.8 Å². The summed E-state index contributed by atoms with van der Waals surface area (Å²) in [6.45, 7) is 1.59. The summed E-state index contributed by atoms with van der Waals surface area (Å²) in [6.07, 6.45) is 4.14. The molecule has 1 N–H and O–H groups in total. The van der Waals surface area contributed by atoms with E-state index in [1.807, 2.05) is 0 Å². The first-order valence-corrected chi connectivity index (χ1v) is 4.80. The van der Waals surface area contributed by atoms with Gasteiger partial charge in [-0.3, -0.25) is 4.79 Å². The first-order valence-electron chi connectivity index (χ1n) is 4.80. The summed E-state index contributed by atoms with van der Waals surface area (Å²) in [7, 11) is 0. The van der Waals surface area contributed by atoms with E-state index >= 15 is 0 Å².